The van der Waals surface area contributed by atoms with E-state index in [2.05, 4.69) is 9.88 Å². The lowest BCUT2D eigenvalue weighted by atomic mass is 9.88. The number of β-amino-alcohol motifs (C(OH)–C–C–N with tert-alkyl or cyclic N) is 1. The number of carbonyl (C=O) groups excluding carboxylic acids is 1. The van der Waals surface area contributed by atoms with Crippen LogP contribution in [0.1, 0.15) is 52.5 Å². The molecule has 7 nitrogen and oxygen atoms in total. The maximum absolute atomic E-state index is 14.0. The highest BCUT2D eigenvalue weighted by Gasteiger charge is 2.52. The number of nitrogens with zero attached hydrogens (tertiary/aromatic N) is 3. The monoisotopic (exact) mass is 554 g/mol. The van der Waals surface area contributed by atoms with Crippen molar-refractivity contribution >= 4 is 29.1 Å². The number of amides is 1. The number of likely N-dealkylation sites (tertiary alicyclic amines) is 1. The molecule has 5 rings (SSSR count). The van der Waals surface area contributed by atoms with Crippen molar-refractivity contribution < 1.29 is 14.6 Å². The molecule has 0 bridgehead atoms. The normalized spacial score (nSPS) is 21.9. The van der Waals surface area contributed by atoms with E-state index in [1.807, 2.05) is 24.3 Å². The van der Waals surface area contributed by atoms with E-state index in [1.165, 1.54) is 0 Å². The molecule has 3 N–H and O–H groups in total. The fourth-order valence-electron chi connectivity index (χ4n) is 5.59. The summed E-state index contributed by atoms with van der Waals surface area (Å²) in [5.74, 6) is -0.213. The summed E-state index contributed by atoms with van der Waals surface area (Å²) in [6, 6.07) is 16.6. The highest BCUT2D eigenvalue weighted by molar-refractivity contribution is 6.30. The first-order chi connectivity index (χ1) is 18.1. The first kappa shape index (κ1) is 27.1. The predicted molar refractivity (Wildman–Crippen MR) is 148 cm³/mol. The number of hydrogen-bond donors (Lipinski definition) is 2. The Bertz CT molecular complexity index is 1310. The van der Waals surface area contributed by atoms with Gasteiger partial charge in [-0.2, -0.15) is 0 Å². The maximum Gasteiger partial charge on any atom is 0.257 e. The number of halogens is 2. The van der Waals surface area contributed by atoms with E-state index >= 15 is 0 Å². The third kappa shape index (κ3) is 4.95. The Morgan fingerprint density at radius 1 is 1.11 bits per heavy atom. The standard InChI is InChI=1S/C29H32Cl2N4O3/c1-28(37,18-34-13-11-23(32)12-14-34)20-5-10-26-25(15-20)27(36)35(17-24-9-8-22(31)16-33-24)29(26,38-2)19-3-6-21(30)7-4-19/h3-10,15-16,23,37H,11-14,17-18,32H2,1-2H3/t28?,29-/m1/s1. The fraction of sp³-hybridized carbons (Fsp3) is 0.379. The third-order valence-electron chi connectivity index (χ3n) is 7.67. The maximum atomic E-state index is 14.0. The summed E-state index contributed by atoms with van der Waals surface area (Å²) in [4.78, 5) is 22.4. The first-order valence-corrected chi connectivity index (χ1v) is 13.5. The summed E-state index contributed by atoms with van der Waals surface area (Å²) in [5.41, 5.74) is 6.98. The Kier molecular flexibility index (Phi) is 7.52. The summed E-state index contributed by atoms with van der Waals surface area (Å²) in [7, 11) is 1.59. The second kappa shape index (κ2) is 10.6. The molecular weight excluding hydrogens is 523 g/mol. The molecule has 200 valence electrons. The van der Waals surface area contributed by atoms with Gasteiger partial charge in [0.1, 0.15) is 0 Å². The third-order valence-corrected chi connectivity index (χ3v) is 8.14. The zero-order chi connectivity index (χ0) is 27.1. The summed E-state index contributed by atoms with van der Waals surface area (Å²) in [5, 5.41) is 12.6. The molecular formula is C29H32Cl2N4O3. The zero-order valence-corrected chi connectivity index (χ0v) is 23.0. The van der Waals surface area contributed by atoms with Gasteiger partial charge in [-0.3, -0.25) is 14.7 Å². The molecule has 0 saturated carbocycles. The van der Waals surface area contributed by atoms with E-state index < -0.39 is 11.3 Å². The van der Waals surface area contributed by atoms with Crippen molar-refractivity contribution in [2.24, 2.45) is 5.73 Å². The average Bonchev–Trinajstić information content (AvgIpc) is 3.14. The average molecular weight is 556 g/mol. The number of nitrogens with two attached hydrogens (primary N) is 1. The molecule has 0 aliphatic carbocycles. The van der Waals surface area contributed by atoms with Gasteiger partial charge in [0.25, 0.3) is 5.91 Å². The predicted octanol–water partition coefficient (Wildman–Crippen LogP) is 4.52. The summed E-state index contributed by atoms with van der Waals surface area (Å²) < 4.78 is 6.21. The molecule has 1 amide bonds. The number of piperidine rings is 1. The number of pyridine rings is 1. The molecule has 2 aliphatic rings. The second-order valence-electron chi connectivity index (χ2n) is 10.4. The van der Waals surface area contributed by atoms with Crippen LogP contribution < -0.4 is 5.73 Å². The molecule has 2 atom stereocenters. The van der Waals surface area contributed by atoms with E-state index in [0.29, 0.717) is 39.0 Å². The Hall–Kier alpha value is -2.52. The van der Waals surface area contributed by atoms with Crippen molar-refractivity contribution in [3.63, 3.8) is 0 Å². The molecule has 1 unspecified atom stereocenters. The minimum atomic E-state index is -1.20. The number of aliphatic hydroxyl groups is 1. The lowest BCUT2D eigenvalue weighted by Crippen LogP contribution is -2.46. The van der Waals surface area contributed by atoms with Gasteiger partial charge in [0.15, 0.2) is 5.72 Å². The molecule has 1 saturated heterocycles. The Morgan fingerprint density at radius 2 is 1.79 bits per heavy atom. The van der Waals surface area contributed by atoms with Crippen LogP contribution in [0, 0.1) is 0 Å². The van der Waals surface area contributed by atoms with Crippen LogP contribution in [0.3, 0.4) is 0 Å². The largest absolute Gasteiger partial charge is 0.384 e. The number of methoxy groups -OCH3 is 1. The van der Waals surface area contributed by atoms with Crippen molar-refractivity contribution in [2.75, 3.05) is 26.7 Å². The van der Waals surface area contributed by atoms with Gasteiger partial charge >= 0.3 is 0 Å². The van der Waals surface area contributed by atoms with Crippen LogP contribution in [0.5, 0.6) is 0 Å². The van der Waals surface area contributed by atoms with Crippen molar-refractivity contribution in [3.05, 3.63) is 98.8 Å². The van der Waals surface area contributed by atoms with Crippen molar-refractivity contribution in [2.45, 2.75) is 43.7 Å². The number of benzene rings is 2. The van der Waals surface area contributed by atoms with Crippen LogP contribution in [-0.2, 0) is 22.6 Å². The van der Waals surface area contributed by atoms with Crippen LogP contribution in [0.25, 0.3) is 0 Å². The van der Waals surface area contributed by atoms with Crippen LogP contribution in [-0.4, -0.2) is 58.6 Å². The quantitative estimate of drug-likeness (QED) is 0.446. The number of rotatable bonds is 7. The zero-order valence-electron chi connectivity index (χ0n) is 21.5. The highest BCUT2D eigenvalue weighted by Crippen LogP contribution is 2.46. The summed E-state index contributed by atoms with van der Waals surface area (Å²) >= 11 is 12.2. The molecule has 3 heterocycles. The minimum absolute atomic E-state index is 0.195. The van der Waals surface area contributed by atoms with Crippen LogP contribution in [0.4, 0.5) is 0 Å². The van der Waals surface area contributed by atoms with E-state index in [1.54, 1.807) is 55.5 Å². The van der Waals surface area contributed by atoms with Gasteiger partial charge in [-0.05, 0) is 68.8 Å². The van der Waals surface area contributed by atoms with Gasteiger partial charge in [-0.25, -0.2) is 0 Å². The SMILES string of the molecule is CO[C@]1(c2ccc(Cl)cc2)c2ccc(C(C)(O)CN3CCC(N)CC3)cc2C(=O)N1Cc1ccc(Cl)cn1. The molecule has 1 aromatic heterocycles. The molecule has 38 heavy (non-hydrogen) atoms. The Labute approximate surface area is 233 Å². The Balaban J connectivity index is 1.56. The lowest BCUT2D eigenvalue weighted by Gasteiger charge is -2.38. The number of hydrogen-bond acceptors (Lipinski definition) is 6. The molecule has 2 aromatic carbocycles. The molecule has 3 aromatic rings. The van der Waals surface area contributed by atoms with Crippen molar-refractivity contribution in [3.8, 4) is 0 Å². The van der Waals surface area contributed by atoms with Crippen molar-refractivity contribution in [1.82, 2.24) is 14.8 Å². The van der Waals surface area contributed by atoms with Gasteiger partial charge in [0.05, 0.1) is 22.9 Å². The van der Waals surface area contributed by atoms with Gasteiger partial charge in [-0.15, -0.1) is 0 Å². The smallest absolute Gasteiger partial charge is 0.257 e. The molecule has 2 aliphatic heterocycles. The van der Waals surface area contributed by atoms with Crippen LogP contribution in [0.15, 0.2) is 60.8 Å². The van der Waals surface area contributed by atoms with Gasteiger partial charge < -0.3 is 20.5 Å². The number of fused-ring (bicyclic) bond motifs is 1. The molecule has 1 fully saturated rings. The Morgan fingerprint density at radius 3 is 2.42 bits per heavy atom. The molecule has 0 radical (unpaired) electrons. The van der Waals surface area contributed by atoms with Gasteiger partial charge in [-0.1, -0.05) is 47.5 Å². The first-order valence-electron chi connectivity index (χ1n) is 12.7. The topological polar surface area (TPSA) is 91.9 Å². The van der Waals surface area contributed by atoms with E-state index in [-0.39, 0.29) is 18.5 Å². The number of carbonyl (C=O) groups is 1. The number of ether oxygens (including phenoxy) is 1. The van der Waals surface area contributed by atoms with E-state index in [4.69, 9.17) is 33.7 Å². The fourth-order valence-corrected chi connectivity index (χ4v) is 5.83. The van der Waals surface area contributed by atoms with Crippen LogP contribution in [0.2, 0.25) is 10.0 Å². The molecule has 0 spiro atoms. The second-order valence-corrected chi connectivity index (χ2v) is 11.2. The van der Waals surface area contributed by atoms with E-state index in [0.717, 1.165) is 31.5 Å². The summed E-state index contributed by atoms with van der Waals surface area (Å²) in [6.45, 7) is 4.12. The highest BCUT2D eigenvalue weighted by atomic mass is 35.5. The van der Waals surface area contributed by atoms with Crippen LogP contribution >= 0.6 is 23.2 Å². The number of aromatic nitrogens is 1. The van der Waals surface area contributed by atoms with Crippen molar-refractivity contribution in [1.29, 1.82) is 0 Å². The molecule has 9 heteroatoms. The lowest BCUT2D eigenvalue weighted by molar-refractivity contribution is -0.0868. The summed E-state index contributed by atoms with van der Waals surface area (Å²) in [6.07, 6.45) is 3.37. The van der Waals surface area contributed by atoms with E-state index in [9.17, 15) is 9.90 Å². The van der Waals surface area contributed by atoms with Gasteiger partial charge in [0.2, 0.25) is 0 Å². The minimum Gasteiger partial charge on any atom is -0.384 e. The van der Waals surface area contributed by atoms with Gasteiger partial charge in [0, 0.05) is 47.6 Å².